The molecule has 0 spiro atoms. The van der Waals surface area contributed by atoms with Crippen molar-refractivity contribution < 1.29 is 22.4 Å². The molecule has 3 aromatic carbocycles. The Kier molecular flexibility index (Phi) is 6.02. The number of para-hydroxylation sites is 1. The lowest BCUT2D eigenvalue weighted by Gasteiger charge is -2.34. The van der Waals surface area contributed by atoms with Crippen molar-refractivity contribution in [2.24, 2.45) is 11.8 Å². The summed E-state index contributed by atoms with van der Waals surface area (Å²) in [4.78, 5) is 13.3. The van der Waals surface area contributed by atoms with E-state index in [0.717, 1.165) is 22.8 Å². The number of benzene rings is 3. The van der Waals surface area contributed by atoms with Crippen LogP contribution in [0.15, 0.2) is 70.0 Å². The van der Waals surface area contributed by atoms with Crippen molar-refractivity contribution in [2.45, 2.75) is 25.2 Å². The van der Waals surface area contributed by atoms with Crippen molar-refractivity contribution in [3.8, 4) is 5.75 Å². The van der Waals surface area contributed by atoms with E-state index >= 15 is 0 Å². The van der Waals surface area contributed by atoms with E-state index in [9.17, 15) is 13.2 Å². The zero-order valence-corrected chi connectivity index (χ0v) is 20.8. The Morgan fingerprint density at radius 3 is 2.46 bits per heavy atom. The first-order valence-corrected chi connectivity index (χ1v) is 13.1. The van der Waals surface area contributed by atoms with Gasteiger partial charge in [0.25, 0.3) is 5.91 Å². The molecule has 5 rings (SSSR count). The average molecular weight is 493 g/mol. The van der Waals surface area contributed by atoms with E-state index in [1.54, 1.807) is 18.2 Å². The Morgan fingerprint density at radius 2 is 1.71 bits per heavy atom. The normalized spacial score (nSPS) is 19.2. The van der Waals surface area contributed by atoms with E-state index in [1.165, 1.54) is 23.5 Å². The molecular weight excluding hydrogens is 464 g/mol. The highest BCUT2D eigenvalue weighted by atomic mass is 32.2. The summed E-state index contributed by atoms with van der Waals surface area (Å²) in [5.74, 6) is 0.634. The van der Waals surface area contributed by atoms with E-state index in [4.69, 9.17) is 9.15 Å². The van der Waals surface area contributed by atoms with Gasteiger partial charge in [-0.25, -0.2) is 8.42 Å². The highest BCUT2D eigenvalue weighted by Crippen LogP contribution is 2.36. The fourth-order valence-electron chi connectivity index (χ4n) is 4.96. The second-order valence-electron chi connectivity index (χ2n) is 9.40. The molecule has 0 saturated carbocycles. The van der Waals surface area contributed by atoms with Gasteiger partial charge in [0.15, 0.2) is 0 Å². The lowest BCUT2D eigenvalue weighted by molar-refractivity contribution is 0.102. The number of nitrogens with one attached hydrogen (secondary N) is 1. The summed E-state index contributed by atoms with van der Waals surface area (Å²) in [5.41, 5.74) is 2.05. The van der Waals surface area contributed by atoms with Gasteiger partial charge in [0.05, 0.1) is 17.7 Å². The molecule has 2 unspecified atom stereocenters. The fraction of sp³-hybridized carbons (Fsp3) is 0.296. The van der Waals surface area contributed by atoms with Crippen LogP contribution in [0.5, 0.6) is 5.75 Å². The smallest absolute Gasteiger partial charge is 0.255 e. The zero-order valence-electron chi connectivity index (χ0n) is 19.9. The van der Waals surface area contributed by atoms with Gasteiger partial charge in [0, 0.05) is 35.5 Å². The predicted molar refractivity (Wildman–Crippen MR) is 136 cm³/mol. The summed E-state index contributed by atoms with van der Waals surface area (Å²) in [6, 6.07) is 17.4. The quantitative estimate of drug-likeness (QED) is 0.397. The van der Waals surface area contributed by atoms with Gasteiger partial charge in [-0.2, -0.15) is 4.31 Å². The first kappa shape index (κ1) is 23.4. The molecule has 35 heavy (non-hydrogen) atoms. The van der Waals surface area contributed by atoms with E-state index < -0.39 is 15.9 Å². The van der Waals surface area contributed by atoms with Crippen molar-refractivity contribution in [2.75, 3.05) is 25.5 Å². The monoisotopic (exact) mass is 492 g/mol. The van der Waals surface area contributed by atoms with E-state index in [0.29, 0.717) is 41.9 Å². The van der Waals surface area contributed by atoms with Crippen molar-refractivity contribution in [1.29, 1.82) is 0 Å². The number of furan rings is 1. The third kappa shape index (κ3) is 4.39. The Hall–Kier alpha value is -3.36. The molecule has 4 aromatic rings. The number of amides is 1. The molecule has 0 bridgehead atoms. The van der Waals surface area contributed by atoms with Gasteiger partial charge in [0.2, 0.25) is 10.0 Å². The van der Waals surface area contributed by atoms with Gasteiger partial charge in [-0.15, -0.1) is 0 Å². The van der Waals surface area contributed by atoms with Crippen molar-refractivity contribution in [1.82, 2.24) is 4.31 Å². The maximum absolute atomic E-state index is 13.3. The fourth-order valence-corrected chi connectivity index (χ4v) is 6.69. The number of sulfonamides is 1. The number of piperidine rings is 1. The lowest BCUT2D eigenvalue weighted by atomic mass is 9.94. The minimum Gasteiger partial charge on any atom is -0.495 e. The minimum absolute atomic E-state index is 0.117. The number of methoxy groups -OCH3 is 1. The molecule has 0 aliphatic carbocycles. The Morgan fingerprint density at radius 1 is 0.971 bits per heavy atom. The molecule has 182 valence electrons. The molecule has 1 aliphatic heterocycles. The summed E-state index contributed by atoms with van der Waals surface area (Å²) >= 11 is 0. The van der Waals surface area contributed by atoms with Crippen molar-refractivity contribution in [3.05, 3.63) is 66.2 Å². The second kappa shape index (κ2) is 9.02. The topological polar surface area (TPSA) is 88.8 Å². The van der Waals surface area contributed by atoms with Crippen LogP contribution in [0.3, 0.4) is 0 Å². The van der Waals surface area contributed by atoms with Gasteiger partial charge in [-0.05, 0) is 48.6 Å². The van der Waals surface area contributed by atoms with Crippen LogP contribution in [0.1, 0.15) is 30.6 Å². The van der Waals surface area contributed by atoms with Crippen LogP contribution in [0.4, 0.5) is 5.69 Å². The summed E-state index contributed by atoms with van der Waals surface area (Å²) in [7, 11) is -2.16. The molecule has 7 nitrogen and oxygen atoms in total. The molecule has 8 heteroatoms. The first-order chi connectivity index (χ1) is 16.8. The van der Waals surface area contributed by atoms with Crippen LogP contribution in [-0.4, -0.2) is 38.8 Å². The highest BCUT2D eigenvalue weighted by Gasteiger charge is 2.32. The van der Waals surface area contributed by atoms with Crippen LogP contribution in [0.2, 0.25) is 0 Å². The molecule has 1 saturated heterocycles. The Bertz CT molecular complexity index is 1520. The molecule has 1 aliphatic rings. The van der Waals surface area contributed by atoms with Gasteiger partial charge in [-0.1, -0.05) is 38.1 Å². The van der Waals surface area contributed by atoms with Crippen molar-refractivity contribution in [3.63, 3.8) is 0 Å². The molecule has 1 N–H and O–H groups in total. The predicted octanol–water partition coefficient (Wildman–Crippen LogP) is 5.51. The number of nitrogens with zero attached hydrogens (tertiary/aromatic N) is 1. The van der Waals surface area contributed by atoms with E-state index in [2.05, 4.69) is 19.2 Å². The first-order valence-electron chi connectivity index (χ1n) is 11.7. The van der Waals surface area contributed by atoms with Gasteiger partial charge in [0.1, 0.15) is 16.9 Å². The van der Waals surface area contributed by atoms with Crippen LogP contribution in [0.25, 0.3) is 21.9 Å². The summed E-state index contributed by atoms with van der Waals surface area (Å²) in [5, 5.41) is 4.69. The average Bonchev–Trinajstić information content (AvgIpc) is 3.20. The summed E-state index contributed by atoms with van der Waals surface area (Å²) < 4.78 is 39.6. The number of hydrogen-bond donors (Lipinski definition) is 1. The number of hydrogen-bond acceptors (Lipinski definition) is 5. The zero-order chi connectivity index (χ0) is 24.7. The number of rotatable bonds is 5. The molecular formula is C27H28N2O5S. The second-order valence-corrected chi connectivity index (χ2v) is 11.3. The van der Waals surface area contributed by atoms with Crippen molar-refractivity contribution >= 4 is 43.6 Å². The lowest BCUT2D eigenvalue weighted by Crippen LogP contribution is -2.42. The molecule has 1 fully saturated rings. The van der Waals surface area contributed by atoms with Crippen LogP contribution in [0, 0.1) is 11.8 Å². The number of fused-ring (bicyclic) bond motifs is 3. The Labute approximate surface area is 204 Å². The maximum Gasteiger partial charge on any atom is 0.255 e. The maximum atomic E-state index is 13.3. The summed E-state index contributed by atoms with van der Waals surface area (Å²) in [6.45, 7) is 5.10. The molecule has 2 atom stereocenters. The van der Waals surface area contributed by atoms with Crippen LogP contribution >= 0.6 is 0 Å². The minimum atomic E-state index is -3.70. The molecule has 0 radical (unpaired) electrons. The Balaban J connectivity index is 1.44. The standard InChI is InChI=1S/C27H28N2O5S/c1-17-11-18(2)16-29(15-17)35(31,32)20-8-6-7-19(12-20)27(30)28-23-14-25-22(13-26(23)33-3)21-9-4-5-10-24(21)34-25/h4-10,12-14,17-18H,11,15-16H2,1-3H3,(H,28,30). The largest absolute Gasteiger partial charge is 0.495 e. The SMILES string of the molecule is COc1cc2c(cc1NC(=O)c1cccc(S(=O)(=O)N3CC(C)CC(C)C3)c1)oc1ccccc12. The number of ether oxygens (including phenoxy) is 1. The molecule has 1 amide bonds. The molecule has 2 heterocycles. The summed E-state index contributed by atoms with van der Waals surface area (Å²) in [6.07, 6.45) is 1.01. The number of anilines is 1. The van der Waals surface area contributed by atoms with Gasteiger partial charge < -0.3 is 14.5 Å². The third-order valence-electron chi connectivity index (χ3n) is 6.52. The van der Waals surface area contributed by atoms with Gasteiger partial charge >= 0.3 is 0 Å². The third-order valence-corrected chi connectivity index (χ3v) is 8.34. The van der Waals surface area contributed by atoms with Crippen LogP contribution in [-0.2, 0) is 10.0 Å². The number of carbonyl (C=O) groups excluding carboxylic acids is 1. The van der Waals surface area contributed by atoms with E-state index in [-0.39, 0.29) is 10.5 Å². The molecule has 1 aromatic heterocycles. The number of carbonyl (C=O) groups is 1. The van der Waals surface area contributed by atoms with E-state index in [1.807, 2.05) is 30.3 Å². The van der Waals surface area contributed by atoms with Gasteiger partial charge in [-0.3, -0.25) is 4.79 Å². The highest BCUT2D eigenvalue weighted by molar-refractivity contribution is 7.89. The van der Waals surface area contributed by atoms with Crippen LogP contribution < -0.4 is 10.1 Å².